The van der Waals surface area contributed by atoms with Crippen molar-refractivity contribution in [1.82, 2.24) is 0 Å². The largest absolute Gasteiger partial charge is 0.0842 e. The summed E-state index contributed by atoms with van der Waals surface area (Å²) < 4.78 is 0. The van der Waals surface area contributed by atoms with E-state index in [-0.39, 0.29) is 0 Å². The van der Waals surface area contributed by atoms with Crippen LogP contribution >= 0.6 is 0 Å². The maximum absolute atomic E-state index is 2.49. The summed E-state index contributed by atoms with van der Waals surface area (Å²) >= 11 is 0. The molecule has 0 saturated heterocycles. The lowest BCUT2D eigenvalue weighted by atomic mass is 9.69. The molecule has 1 aromatic carbocycles. The SMILES string of the molecule is C1=CCCC(C(=C(C2=CC=C(C3=Cc4ccccc4C4C=CC=CC34)CC2)C2C=CC=CC2)C2C=CC=CC2)=C1. The van der Waals surface area contributed by atoms with Gasteiger partial charge in [0, 0.05) is 23.7 Å². The van der Waals surface area contributed by atoms with E-state index >= 15 is 0 Å². The molecule has 4 atom stereocenters. The maximum atomic E-state index is 2.49. The van der Waals surface area contributed by atoms with Gasteiger partial charge < -0.3 is 0 Å². The lowest BCUT2D eigenvalue weighted by Gasteiger charge is -2.35. The Hall–Kier alpha value is -3.90. The molecule has 6 aliphatic rings. The van der Waals surface area contributed by atoms with Gasteiger partial charge in [0.05, 0.1) is 0 Å². The number of fused-ring (bicyclic) bond motifs is 3. The predicted octanol–water partition coefficient (Wildman–Crippen LogP) is 10.4. The van der Waals surface area contributed by atoms with Crippen molar-refractivity contribution in [2.24, 2.45) is 17.8 Å². The van der Waals surface area contributed by atoms with E-state index in [0.717, 1.165) is 38.5 Å². The van der Waals surface area contributed by atoms with Gasteiger partial charge in [-0.05, 0) is 83.1 Å². The summed E-state index contributed by atoms with van der Waals surface area (Å²) in [7, 11) is 0. The highest BCUT2D eigenvalue weighted by molar-refractivity contribution is 5.69. The molecule has 4 unspecified atom stereocenters. The summed E-state index contributed by atoms with van der Waals surface area (Å²) in [6.45, 7) is 0. The van der Waals surface area contributed by atoms with Crippen LogP contribution in [-0.2, 0) is 0 Å². The van der Waals surface area contributed by atoms with Gasteiger partial charge in [0.1, 0.15) is 0 Å². The molecule has 198 valence electrons. The molecule has 0 fully saturated rings. The smallest absolute Gasteiger partial charge is 0.0131 e. The molecule has 0 heterocycles. The molecule has 0 N–H and O–H groups in total. The number of benzene rings is 1. The highest BCUT2D eigenvalue weighted by Crippen LogP contribution is 2.48. The molecule has 0 radical (unpaired) electrons. The van der Waals surface area contributed by atoms with Crippen LogP contribution in [0.4, 0.5) is 0 Å². The van der Waals surface area contributed by atoms with E-state index in [9.17, 15) is 0 Å². The highest BCUT2D eigenvalue weighted by atomic mass is 14.4. The van der Waals surface area contributed by atoms with Crippen LogP contribution in [0, 0.1) is 17.8 Å². The zero-order valence-electron chi connectivity index (χ0n) is 23.3. The Labute approximate surface area is 240 Å². The second-order valence-corrected chi connectivity index (χ2v) is 11.7. The van der Waals surface area contributed by atoms with E-state index < -0.39 is 0 Å². The maximum Gasteiger partial charge on any atom is 0.0131 e. The summed E-state index contributed by atoms with van der Waals surface area (Å²) in [6.07, 6.45) is 48.9. The summed E-state index contributed by atoms with van der Waals surface area (Å²) in [6, 6.07) is 8.96. The van der Waals surface area contributed by atoms with Gasteiger partial charge in [0.25, 0.3) is 0 Å². The second kappa shape index (κ2) is 11.3. The first kappa shape index (κ1) is 25.1. The van der Waals surface area contributed by atoms with E-state index in [1.54, 1.807) is 11.1 Å². The Morgan fingerprint density at radius 3 is 1.93 bits per heavy atom. The van der Waals surface area contributed by atoms with Crippen LogP contribution in [0.2, 0.25) is 0 Å². The molecule has 1 aromatic rings. The summed E-state index contributed by atoms with van der Waals surface area (Å²) in [4.78, 5) is 0. The number of hydrogen-bond acceptors (Lipinski definition) is 0. The number of hydrogen-bond donors (Lipinski definition) is 0. The molecule has 6 aliphatic carbocycles. The molecule has 0 spiro atoms. The third kappa shape index (κ3) is 4.81. The molecule has 40 heavy (non-hydrogen) atoms. The van der Waals surface area contributed by atoms with E-state index in [1.165, 1.54) is 33.4 Å². The molecular formula is C40H38. The molecule has 0 amide bonds. The third-order valence-electron chi connectivity index (χ3n) is 9.38. The Bertz CT molecular complexity index is 1540. The standard InChI is InChI=1S/C40H38/c1-4-14-30(15-5-1)39(31-16-6-2-7-17-31)40(32-18-8-3-9-19-32)33-26-24-29(25-27-33)38-28-34-20-10-11-21-35(34)36-22-12-13-23-37(36)38/h1-6,8-14,16,18,20-24,26,28,30,32,36-37H,7,15,17,19,25,27H2. The van der Waals surface area contributed by atoms with E-state index in [1.807, 2.05) is 0 Å². The first-order valence-electron chi connectivity index (χ1n) is 15.2. The van der Waals surface area contributed by atoms with Gasteiger partial charge in [-0.15, -0.1) is 0 Å². The van der Waals surface area contributed by atoms with Crippen molar-refractivity contribution in [3.8, 4) is 0 Å². The Kier molecular flexibility index (Phi) is 7.09. The molecule has 0 nitrogen and oxygen atoms in total. The van der Waals surface area contributed by atoms with Gasteiger partial charge >= 0.3 is 0 Å². The monoisotopic (exact) mass is 518 g/mol. The average molecular weight is 519 g/mol. The van der Waals surface area contributed by atoms with Crippen molar-refractivity contribution in [2.75, 3.05) is 0 Å². The minimum atomic E-state index is 0.427. The molecule has 0 heteroatoms. The van der Waals surface area contributed by atoms with E-state index in [2.05, 4.69) is 134 Å². The first-order chi connectivity index (χ1) is 19.9. The second-order valence-electron chi connectivity index (χ2n) is 11.7. The lowest BCUT2D eigenvalue weighted by molar-refractivity contribution is 0.649. The first-order valence-corrected chi connectivity index (χ1v) is 15.2. The number of rotatable bonds is 5. The third-order valence-corrected chi connectivity index (χ3v) is 9.38. The highest BCUT2D eigenvalue weighted by Gasteiger charge is 2.32. The van der Waals surface area contributed by atoms with Gasteiger partial charge in [-0.1, -0.05) is 134 Å². The lowest BCUT2D eigenvalue weighted by Crippen LogP contribution is -2.20. The van der Waals surface area contributed by atoms with E-state index in [4.69, 9.17) is 0 Å². The Morgan fingerprint density at radius 2 is 1.27 bits per heavy atom. The van der Waals surface area contributed by atoms with Crippen LogP contribution < -0.4 is 0 Å². The molecule has 7 rings (SSSR count). The topological polar surface area (TPSA) is 0 Å². The quantitative estimate of drug-likeness (QED) is 0.364. The molecule has 0 bridgehead atoms. The minimum absolute atomic E-state index is 0.427. The Balaban J connectivity index is 1.33. The van der Waals surface area contributed by atoms with Gasteiger partial charge in [-0.25, -0.2) is 0 Å². The summed E-state index contributed by atoms with van der Waals surface area (Å²) in [5, 5.41) is 0. The van der Waals surface area contributed by atoms with Crippen LogP contribution in [0.3, 0.4) is 0 Å². The van der Waals surface area contributed by atoms with Gasteiger partial charge in [0.15, 0.2) is 0 Å². The normalized spacial score (nSPS) is 28.7. The fraction of sp³-hybridized carbons (Fsp3) is 0.250. The van der Waals surface area contributed by atoms with Crippen molar-refractivity contribution >= 4 is 6.08 Å². The molecule has 0 saturated carbocycles. The number of allylic oxidation sites excluding steroid dienone is 23. The minimum Gasteiger partial charge on any atom is -0.0842 e. The van der Waals surface area contributed by atoms with Crippen LogP contribution in [0.25, 0.3) is 6.08 Å². The van der Waals surface area contributed by atoms with Crippen molar-refractivity contribution in [3.05, 3.63) is 172 Å². The fourth-order valence-electron chi connectivity index (χ4n) is 7.46. The van der Waals surface area contributed by atoms with Crippen molar-refractivity contribution in [2.45, 2.75) is 44.4 Å². The summed E-state index contributed by atoms with van der Waals surface area (Å²) in [5.74, 6) is 1.74. The van der Waals surface area contributed by atoms with Crippen LogP contribution in [0.5, 0.6) is 0 Å². The van der Waals surface area contributed by atoms with Gasteiger partial charge in [0.2, 0.25) is 0 Å². The van der Waals surface area contributed by atoms with Crippen LogP contribution in [0.15, 0.2) is 161 Å². The van der Waals surface area contributed by atoms with Crippen molar-refractivity contribution < 1.29 is 0 Å². The summed E-state index contributed by atoms with van der Waals surface area (Å²) in [5.41, 5.74) is 12.1. The zero-order valence-corrected chi connectivity index (χ0v) is 23.3. The van der Waals surface area contributed by atoms with Crippen LogP contribution in [-0.4, -0.2) is 0 Å². The average Bonchev–Trinajstić information content (AvgIpc) is 3.04. The molecule has 0 aliphatic heterocycles. The van der Waals surface area contributed by atoms with Crippen LogP contribution in [0.1, 0.15) is 55.6 Å². The van der Waals surface area contributed by atoms with Crippen molar-refractivity contribution in [1.29, 1.82) is 0 Å². The van der Waals surface area contributed by atoms with Gasteiger partial charge in [-0.3, -0.25) is 0 Å². The van der Waals surface area contributed by atoms with Gasteiger partial charge in [-0.2, -0.15) is 0 Å². The molecular weight excluding hydrogens is 480 g/mol. The van der Waals surface area contributed by atoms with E-state index in [0.29, 0.717) is 23.7 Å². The fourth-order valence-corrected chi connectivity index (χ4v) is 7.46. The zero-order chi connectivity index (χ0) is 26.7. The molecule has 0 aromatic heterocycles. The Morgan fingerprint density at radius 1 is 0.575 bits per heavy atom. The predicted molar refractivity (Wildman–Crippen MR) is 171 cm³/mol. The van der Waals surface area contributed by atoms with Crippen molar-refractivity contribution in [3.63, 3.8) is 0 Å².